The van der Waals surface area contributed by atoms with Crippen molar-refractivity contribution in [2.75, 3.05) is 33.4 Å². The van der Waals surface area contributed by atoms with Crippen LogP contribution in [0.25, 0.3) is 0 Å². The number of nitrogens with one attached hydrogen (secondary N) is 2. The number of amides is 1. The summed E-state index contributed by atoms with van der Waals surface area (Å²) >= 11 is 0. The van der Waals surface area contributed by atoms with E-state index in [1.807, 2.05) is 24.3 Å². The first-order chi connectivity index (χ1) is 9.77. The maximum Gasteiger partial charge on any atom is 0.234 e. The third-order valence-electron chi connectivity index (χ3n) is 2.56. The van der Waals surface area contributed by atoms with Gasteiger partial charge in [-0.05, 0) is 6.07 Å². The van der Waals surface area contributed by atoms with E-state index in [1.165, 1.54) is 0 Å². The molecule has 0 aliphatic heterocycles. The molecule has 5 heteroatoms. The van der Waals surface area contributed by atoms with Crippen molar-refractivity contribution in [3.63, 3.8) is 0 Å². The lowest BCUT2D eigenvalue weighted by atomic mass is 10.2. The molecular formula is C15H22N2O3. The number of hydrogen-bond donors (Lipinski definition) is 2. The predicted octanol–water partition coefficient (Wildman–Crippen LogP) is 1.10. The Bertz CT molecular complexity index is 421. The first-order valence-corrected chi connectivity index (χ1v) is 6.56. The van der Waals surface area contributed by atoms with Crippen LogP contribution in [-0.2, 0) is 16.1 Å². The first kappa shape index (κ1) is 16.2. The Morgan fingerprint density at radius 2 is 2.20 bits per heavy atom. The van der Waals surface area contributed by atoms with Crippen molar-refractivity contribution >= 4 is 5.91 Å². The van der Waals surface area contributed by atoms with Crippen LogP contribution in [0.1, 0.15) is 5.56 Å². The van der Waals surface area contributed by atoms with Crippen LogP contribution in [0.15, 0.2) is 36.9 Å². The number of methoxy groups -OCH3 is 1. The zero-order valence-corrected chi connectivity index (χ0v) is 11.9. The van der Waals surface area contributed by atoms with E-state index >= 15 is 0 Å². The molecule has 0 fully saturated rings. The van der Waals surface area contributed by atoms with E-state index < -0.39 is 0 Å². The smallest absolute Gasteiger partial charge is 0.234 e. The molecule has 0 spiro atoms. The summed E-state index contributed by atoms with van der Waals surface area (Å²) in [4.78, 5) is 11.5. The molecule has 5 nitrogen and oxygen atoms in total. The molecule has 1 aromatic rings. The van der Waals surface area contributed by atoms with Gasteiger partial charge in [0.05, 0.1) is 13.2 Å². The van der Waals surface area contributed by atoms with Crippen molar-refractivity contribution in [3.8, 4) is 5.75 Å². The van der Waals surface area contributed by atoms with E-state index in [0.717, 1.165) is 11.3 Å². The fourth-order valence-corrected chi connectivity index (χ4v) is 1.61. The highest BCUT2D eigenvalue weighted by atomic mass is 16.5. The third-order valence-corrected chi connectivity index (χ3v) is 2.56. The molecule has 2 N–H and O–H groups in total. The van der Waals surface area contributed by atoms with Crippen LogP contribution in [0, 0.1) is 0 Å². The quantitative estimate of drug-likeness (QED) is 0.497. The largest absolute Gasteiger partial charge is 0.489 e. The van der Waals surface area contributed by atoms with E-state index in [1.54, 1.807) is 13.2 Å². The zero-order chi connectivity index (χ0) is 14.6. The van der Waals surface area contributed by atoms with Gasteiger partial charge in [-0.25, -0.2) is 0 Å². The highest BCUT2D eigenvalue weighted by Gasteiger charge is 2.04. The van der Waals surface area contributed by atoms with Gasteiger partial charge in [-0.2, -0.15) is 0 Å². The third kappa shape index (κ3) is 6.36. The van der Waals surface area contributed by atoms with E-state index in [9.17, 15) is 4.79 Å². The fraction of sp³-hybridized carbons (Fsp3) is 0.400. The van der Waals surface area contributed by atoms with Crippen molar-refractivity contribution in [3.05, 3.63) is 42.5 Å². The number of ether oxygens (including phenoxy) is 2. The number of hydrogen-bond acceptors (Lipinski definition) is 4. The summed E-state index contributed by atoms with van der Waals surface area (Å²) in [6, 6.07) is 7.73. The number of para-hydroxylation sites is 1. The lowest BCUT2D eigenvalue weighted by Crippen LogP contribution is -2.35. The minimum absolute atomic E-state index is 0.0495. The number of benzene rings is 1. The fourth-order valence-electron chi connectivity index (χ4n) is 1.61. The monoisotopic (exact) mass is 278 g/mol. The molecule has 0 bridgehead atoms. The molecule has 0 aliphatic carbocycles. The van der Waals surface area contributed by atoms with Crippen molar-refractivity contribution in [2.24, 2.45) is 0 Å². The highest BCUT2D eigenvalue weighted by Crippen LogP contribution is 2.17. The summed E-state index contributed by atoms with van der Waals surface area (Å²) in [6.45, 7) is 5.97. The van der Waals surface area contributed by atoms with Gasteiger partial charge in [-0.3, -0.25) is 4.79 Å². The molecule has 1 amide bonds. The molecule has 0 saturated heterocycles. The Balaban J connectivity index is 2.34. The van der Waals surface area contributed by atoms with E-state index in [2.05, 4.69) is 17.2 Å². The molecule has 110 valence electrons. The molecule has 0 heterocycles. The van der Waals surface area contributed by atoms with Gasteiger partial charge < -0.3 is 20.1 Å². The van der Waals surface area contributed by atoms with Crippen LogP contribution >= 0.6 is 0 Å². The predicted molar refractivity (Wildman–Crippen MR) is 78.7 cm³/mol. The molecule has 1 aromatic carbocycles. The van der Waals surface area contributed by atoms with Crippen LogP contribution in [0.4, 0.5) is 0 Å². The summed E-state index contributed by atoms with van der Waals surface area (Å²) < 4.78 is 10.4. The van der Waals surface area contributed by atoms with E-state index in [0.29, 0.717) is 26.3 Å². The van der Waals surface area contributed by atoms with Crippen LogP contribution in [0.3, 0.4) is 0 Å². The SMILES string of the molecule is C=CCOc1ccccc1CNCC(=O)NCCOC. The normalized spacial score (nSPS) is 10.1. The molecule has 0 radical (unpaired) electrons. The lowest BCUT2D eigenvalue weighted by molar-refractivity contribution is -0.120. The summed E-state index contributed by atoms with van der Waals surface area (Å²) in [7, 11) is 1.60. The van der Waals surface area contributed by atoms with Gasteiger partial charge in [-0.15, -0.1) is 0 Å². The zero-order valence-electron chi connectivity index (χ0n) is 11.9. The summed E-state index contributed by atoms with van der Waals surface area (Å²) in [6.07, 6.45) is 1.70. The van der Waals surface area contributed by atoms with Crippen LogP contribution in [0.2, 0.25) is 0 Å². The maximum atomic E-state index is 11.5. The van der Waals surface area contributed by atoms with Gasteiger partial charge in [0.2, 0.25) is 5.91 Å². The topological polar surface area (TPSA) is 59.6 Å². The Hall–Kier alpha value is -1.85. The maximum absolute atomic E-state index is 11.5. The molecule has 0 aromatic heterocycles. The molecule has 1 rings (SSSR count). The van der Waals surface area contributed by atoms with Gasteiger partial charge in [0.15, 0.2) is 0 Å². The number of rotatable bonds is 10. The summed E-state index contributed by atoms with van der Waals surface area (Å²) in [5.41, 5.74) is 1.01. The van der Waals surface area contributed by atoms with Crippen LogP contribution < -0.4 is 15.4 Å². The second kappa shape index (κ2) is 10.00. The van der Waals surface area contributed by atoms with Crippen LogP contribution in [0.5, 0.6) is 5.75 Å². The lowest BCUT2D eigenvalue weighted by Gasteiger charge is -2.11. The van der Waals surface area contributed by atoms with Crippen LogP contribution in [-0.4, -0.2) is 39.3 Å². The second-order valence-electron chi connectivity index (χ2n) is 4.15. The van der Waals surface area contributed by atoms with Crippen molar-refractivity contribution in [1.82, 2.24) is 10.6 Å². The van der Waals surface area contributed by atoms with Gasteiger partial charge in [0.25, 0.3) is 0 Å². The Morgan fingerprint density at radius 1 is 1.40 bits per heavy atom. The average molecular weight is 278 g/mol. The Labute approximate surface area is 120 Å². The van der Waals surface area contributed by atoms with Gasteiger partial charge in [-0.1, -0.05) is 30.9 Å². The summed E-state index contributed by atoms with van der Waals surface area (Å²) in [5, 5.41) is 5.83. The van der Waals surface area contributed by atoms with Crippen molar-refractivity contribution < 1.29 is 14.3 Å². The second-order valence-corrected chi connectivity index (χ2v) is 4.15. The average Bonchev–Trinajstić information content (AvgIpc) is 2.46. The minimum Gasteiger partial charge on any atom is -0.489 e. The van der Waals surface area contributed by atoms with Gasteiger partial charge >= 0.3 is 0 Å². The van der Waals surface area contributed by atoms with Crippen molar-refractivity contribution in [2.45, 2.75) is 6.54 Å². The first-order valence-electron chi connectivity index (χ1n) is 6.56. The Morgan fingerprint density at radius 3 is 2.95 bits per heavy atom. The molecular weight excluding hydrogens is 256 g/mol. The molecule has 20 heavy (non-hydrogen) atoms. The van der Waals surface area contributed by atoms with Gasteiger partial charge in [0, 0.05) is 25.8 Å². The minimum atomic E-state index is -0.0495. The number of carbonyl (C=O) groups excluding carboxylic acids is 1. The van der Waals surface area contributed by atoms with E-state index in [-0.39, 0.29) is 12.5 Å². The highest BCUT2D eigenvalue weighted by molar-refractivity contribution is 5.77. The molecule has 0 saturated carbocycles. The molecule has 0 aliphatic rings. The summed E-state index contributed by atoms with van der Waals surface area (Å²) in [5.74, 6) is 0.756. The van der Waals surface area contributed by atoms with E-state index in [4.69, 9.17) is 9.47 Å². The standard InChI is InChI=1S/C15H22N2O3/c1-3-9-20-14-7-5-4-6-13(14)11-16-12-15(18)17-8-10-19-2/h3-7,16H,1,8-12H2,2H3,(H,17,18). The van der Waals surface area contributed by atoms with Crippen molar-refractivity contribution in [1.29, 1.82) is 0 Å². The Kier molecular flexibility index (Phi) is 8.10. The number of carbonyl (C=O) groups is 1. The molecule has 0 unspecified atom stereocenters. The van der Waals surface area contributed by atoms with Gasteiger partial charge in [0.1, 0.15) is 12.4 Å². The molecule has 0 atom stereocenters.